The minimum absolute atomic E-state index is 0.0687. The molecule has 0 spiro atoms. The lowest BCUT2D eigenvalue weighted by Crippen LogP contribution is -2.01. The summed E-state index contributed by atoms with van der Waals surface area (Å²) in [4.78, 5) is 7.52. The zero-order valence-corrected chi connectivity index (χ0v) is 17.8. The monoisotopic (exact) mass is 474 g/mol. The molecule has 0 saturated heterocycles. The number of pyridine rings is 1. The number of fused-ring (bicyclic) bond motifs is 1. The second-order valence-electron chi connectivity index (χ2n) is 6.51. The molecule has 2 aromatic heterocycles. The van der Waals surface area contributed by atoms with Crippen molar-refractivity contribution < 1.29 is 13.9 Å². The van der Waals surface area contributed by atoms with Crippen LogP contribution in [0.1, 0.15) is 16.7 Å². The van der Waals surface area contributed by atoms with Crippen molar-refractivity contribution in [2.24, 2.45) is 0 Å². The normalized spacial score (nSPS) is 11.0. The number of H-pyrrole nitrogens is 1. The van der Waals surface area contributed by atoms with Crippen LogP contribution in [0.5, 0.6) is 11.5 Å². The first-order valence-electron chi connectivity index (χ1n) is 8.89. The van der Waals surface area contributed by atoms with Crippen LogP contribution in [0.3, 0.4) is 0 Å². The minimum Gasteiger partial charge on any atom is -0.493 e. The van der Waals surface area contributed by atoms with E-state index in [0.717, 1.165) is 26.6 Å². The molecular formula is C22H17BrClFN2O2. The zero-order valence-electron chi connectivity index (χ0n) is 15.5. The van der Waals surface area contributed by atoms with E-state index >= 15 is 0 Å². The number of nitrogens with one attached hydrogen (secondary N) is 1. The van der Waals surface area contributed by atoms with Crippen LogP contribution in [0.4, 0.5) is 4.39 Å². The number of hydrogen-bond acceptors (Lipinski definition) is 3. The van der Waals surface area contributed by atoms with Gasteiger partial charge in [-0.15, -0.1) is 0 Å². The molecule has 0 aliphatic carbocycles. The molecule has 4 nitrogen and oxygen atoms in total. The van der Waals surface area contributed by atoms with E-state index in [1.165, 1.54) is 6.07 Å². The summed E-state index contributed by atoms with van der Waals surface area (Å²) in [5.74, 6) is 0.703. The molecule has 148 valence electrons. The Morgan fingerprint density at radius 1 is 1.10 bits per heavy atom. The van der Waals surface area contributed by atoms with Gasteiger partial charge in [0.1, 0.15) is 18.1 Å². The van der Waals surface area contributed by atoms with Gasteiger partial charge in [0.15, 0.2) is 11.5 Å². The van der Waals surface area contributed by atoms with Gasteiger partial charge in [0.05, 0.1) is 7.11 Å². The Balaban J connectivity index is 1.58. The van der Waals surface area contributed by atoms with E-state index in [1.54, 1.807) is 25.4 Å². The fourth-order valence-electron chi connectivity index (χ4n) is 3.14. The van der Waals surface area contributed by atoms with E-state index in [2.05, 4.69) is 25.9 Å². The molecule has 0 bridgehead atoms. The molecule has 7 heteroatoms. The topological polar surface area (TPSA) is 47.1 Å². The molecule has 0 saturated carbocycles. The lowest BCUT2D eigenvalue weighted by Gasteiger charge is -2.14. The SMILES string of the molecule is COc1cc(Cc2c[nH]c3ncccc23)c(Br)cc1OCc1ccc(Cl)cc1F. The van der Waals surface area contributed by atoms with Crippen LogP contribution < -0.4 is 9.47 Å². The van der Waals surface area contributed by atoms with Gasteiger partial charge in [-0.2, -0.15) is 0 Å². The largest absolute Gasteiger partial charge is 0.493 e. The van der Waals surface area contributed by atoms with Crippen LogP contribution >= 0.6 is 27.5 Å². The number of aromatic amines is 1. The maximum atomic E-state index is 14.0. The fraction of sp³-hybridized carbons (Fsp3) is 0.136. The highest BCUT2D eigenvalue weighted by Crippen LogP contribution is 2.36. The third-order valence-corrected chi connectivity index (χ3v) is 5.62. The van der Waals surface area contributed by atoms with Crippen molar-refractivity contribution in [3.05, 3.63) is 86.9 Å². The minimum atomic E-state index is -0.403. The number of aromatic nitrogens is 2. The molecule has 4 aromatic rings. The van der Waals surface area contributed by atoms with Gasteiger partial charge in [-0.1, -0.05) is 33.6 Å². The third-order valence-electron chi connectivity index (χ3n) is 4.65. The Labute approximate surface area is 180 Å². The van der Waals surface area contributed by atoms with Crippen LogP contribution in [0.2, 0.25) is 5.02 Å². The third kappa shape index (κ3) is 4.23. The molecule has 1 N–H and O–H groups in total. The van der Waals surface area contributed by atoms with Crippen LogP contribution in [-0.2, 0) is 13.0 Å². The smallest absolute Gasteiger partial charge is 0.162 e. The van der Waals surface area contributed by atoms with Crippen molar-refractivity contribution in [3.8, 4) is 11.5 Å². The van der Waals surface area contributed by atoms with Crippen molar-refractivity contribution in [3.63, 3.8) is 0 Å². The van der Waals surface area contributed by atoms with Gasteiger partial charge in [0.25, 0.3) is 0 Å². The summed E-state index contributed by atoms with van der Waals surface area (Å²) in [6.45, 7) is 0.0687. The number of benzene rings is 2. The molecule has 0 radical (unpaired) electrons. The van der Waals surface area contributed by atoms with Gasteiger partial charge in [-0.3, -0.25) is 0 Å². The van der Waals surface area contributed by atoms with Crippen molar-refractivity contribution >= 4 is 38.6 Å². The van der Waals surface area contributed by atoms with E-state index in [-0.39, 0.29) is 6.61 Å². The summed E-state index contributed by atoms with van der Waals surface area (Å²) >= 11 is 9.42. The Hall–Kier alpha value is -2.57. The predicted octanol–water partition coefficient (Wildman–Crippen LogP) is 6.30. The first-order chi connectivity index (χ1) is 14.0. The summed E-state index contributed by atoms with van der Waals surface area (Å²) in [5.41, 5.74) is 3.45. The quantitative estimate of drug-likeness (QED) is 0.356. The van der Waals surface area contributed by atoms with E-state index < -0.39 is 5.82 Å². The molecule has 0 aliphatic rings. The maximum Gasteiger partial charge on any atom is 0.162 e. The van der Waals surface area contributed by atoms with Crippen LogP contribution in [-0.4, -0.2) is 17.1 Å². The van der Waals surface area contributed by atoms with Crippen molar-refractivity contribution in [2.45, 2.75) is 13.0 Å². The lowest BCUT2D eigenvalue weighted by molar-refractivity contribution is 0.279. The number of nitrogens with zero attached hydrogens (tertiary/aromatic N) is 1. The highest BCUT2D eigenvalue weighted by molar-refractivity contribution is 9.10. The highest BCUT2D eigenvalue weighted by atomic mass is 79.9. The van der Waals surface area contributed by atoms with E-state index in [4.69, 9.17) is 21.1 Å². The van der Waals surface area contributed by atoms with Crippen molar-refractivity contribution in [2.75, 3.05) is 7.11 Å². The molecular weight excluding hydrogens is 459 g/mol. The number of ether oxygens (including phenoxy) is 2. The Bertz CT molecular complexity index is 1180. The molecule has 0 atom stereocenters. The molecule has 0 aliphatic heterocycles. The van der Waals surface area contributed by atoms with Crippen molar-refractivity contribution in [1.29, 1.82) is 0 Å². The number of halogens is 3. The zero-order chi connectivity index (χ0) is 20.4. The first-order valence-corrected chi connectivity index (χ1v) is 10.1. The molecule has 29 heavy (non-hydrogen) atoms. The Morgan fingerprint density at radius 2 is 1.97 bits per heavy atom. The average Bonchev–Trinajstić information content (AvgIpc) is 3.12. The standard InChI is InChI=1S/C22H17BrClFN2O2/c1-28-20-8-14(7-15-11-27-22-17(15)3-2-6-26-22)18(23)10-21(20)29-12-13-4-5-16(24)9-19(13)25/h2-6,8-11H,7,12H2,1H3,(H,26,27). The Kier molecular flexibility index (Phi) is 5.74. The lowest BCUT2D eigenvalue weighted by atomic mass is 10.0. The van der Waals surface area contributed by atoms with Crippen molar-refractivity contribution in [1.82, 2.24) is 9.97 Å². The molecule has 2 aromatic carbocycles. The average molecular weight is 476 g/mol. The van der Waals surface area contributed by atoms with E-state index in [9.17, 15) is 4.39 Å². The number of rotatable bonds is 6. The summed E-state index contributed by atoms with van der Waals surface area (Å²) < 4.78 is 26.2. The van der Waals surface area contributed by atoms with Gasteiger partial charge in [0.2, 0.25) is 0 Å². The molecule has 4 rings (SSSR count). The van der Waals surface area contributed by atoms with Gasteiger partial charge in [-0.25, -0.2) is 9.37 Å². The van der Waals surface area contributed by atoms with Crippen LogP contribution in [0.15, 0.2) is 59.3 Å². The molecule has 0 unspecified atom stereocenters. The second-order valence-corrected chi connectivity index (χ2v) is 7.80. The molecule has 0 fully saturated rings. The number of hydrogen-bond donors (Lipinski definition) is 1. The summed E-state index contributed by atoms with van der Waals surface area (Å²) in [6, 6.07) is 12.2. The van der Waals surface area contributed by atoms with E-state index in [0.29, 0.717) is 28.5 Å². The summed E-state index contributed by atoms with van der Waals surface area (Å²) in [7, 11) is 1.58. The number of methoxy groups -OCH3 is 1. The first kappa shape index (κ1) is 19.7. The van der Waals surface area contributed by atoms with E-state index in [1.807, 2.05) is 30.5 Å². The molecule has 2 heterocycles. The van der Waals surface area contributed by atoms with Gasteiger partial charge >= 0.3 is 0 Å². The highest BCUT2D eigenvalue weighted by Gasteiger charge is 2.14. The van der Waals surface area contributed by atoms with Gasteiger partial charge < -0.3 is 14.5 Å². The maximum absolute atomic E-state index is 14.0. The summed E-state index contributed by atoms with van der Waals surface area (Å²) in [6.07, 6.45) is 4.41. The predicted molar refractivity (Wildman–Crippen MR) is 115 cm³/mol. The fourth-order valence-corrected chi connectivity index (χ4v) is 3.76. The van der Waals surface area contributed by atoms with Gasteiger partial charge in [0, 0.05) is 39.3 Å². The van der Waals surface area contributed by atoms with Gasteiger partial charge in [-0.05, 0) is 47.5 Å². The van der Waals surface area contributed by atoms with Crippen LogP contribution in [0.25, 0.3) is 11.0 Å². The Morgan fingerprint density at radius 3 is 2.76 bits per heavy atom. The summed E-state index contributed by atoms with van der Waals surface area (Å²) in [5, 5.41) is 1.43. The molecule has 0 amide bonds. The second kappa shape index (κ2) is 8.43. The van der Waals surface area contributed by atoms with Crippen LogP contribution in [0, 0.1) is 5.82 Å².